The average Bonchev–Trinajstić information content (AvgIpc) is 3.15. The van der Waals surface area contributed by atoms with Crippen LogP contribution >= 0.6 is 22.9 Å². The summed E-state index contributed by atoms with van der Waals surface area (Å²) in [6, 6.07) is 10.00. The molecular weight excluding hydrogens is 302 g/mol. The van der Waals surface area contributed by atoms with Gasteiger partial charge in [0.25, 0.3) is 0 Å². The maximum Gasteiger partial charge on any atom is 0.133 e. The molecule has 106 valence electrons. The summed E-state index contributed by atoms with van der Waals surface area (Å²) in [7, 11) is 0. The molecule has 0 radical (unpaired) electrons. The van der Waals surface area contributed by atoms with Crippen LogP contribution in [0.4, 0.5) is 5.82 Å². The van der Waals surface area contributed by atoms with Crippen LogP contribution in [0.15, 0.2) is 35.7 Å². The van der Waals surface area contributed by atoms with Crippen molar-refractivity contribution in [3.63, 3.8) is 0 Å². The van der Waals surface area contributed by atoms with Crippen LogP contribution in [0.1, 0.15) is 11.1 Å². The van der Waals surface area contributed by atoms with Crippen LogP contribution in [-0.4, -0.2) is 16.3 Å². The average molecular weight is 316 g/mol. The fourth-order valence-electron chi connectivity index (χ4n) is 2.70. The van der Waals surface area contributed by atoms with Gasteiger partial charge >= 0.3 is 0 Å². The molecule has 5 heteroatoms. The Hall–Kier alpha value is -1.78. The summed E-state index contributed by atoms with van der Waals surface area (Å²) < 4.78 is 1.99. The molecule has 0 spiro atoms. The SMILES string of the molecule is Cc1csc(-c2nn(-c3ccc(Cl)cc3)c3c2CCN3)c1. The van der Waals surface area contributed by atoms with Crippen molar-refractivity contribution in [2.75, 3.05) is 11.9 Å². The first-order valence-electron chi connectivity index (χ1n) is 6.89. The van der Waals surface area contributed by atoms with Gasteiger partial charge in [-0.15, -0.1) is 11.3 Å². The van der Waals surface area contributed by atoms with Gasteiger partial charge in [0.2, 0.25) is 0 Å². The highest BCUT2D eigenvalue weighted by Crippen LogP contribution is 2.37. The Labute approximate surface area is 132 Å². The first kappa shape index (κ1) is 12.9. The summed E-state index contributed by atoms with van der Waals surface area (Å²) in [5, 5.41) is 11.2. The molecule has 1 aliphatic rings. The van der Waals surface area contributed by atoms with E-state index >= 15 is 0 Å². The lowest BCUT2D eigenvalue weighted by Crippen LogP contribution is -2.03. The topological polar surface area (TPSA) is 29.9 Å². The number of aryl methyl sites for hydroxylation is 1. The van der Waals surface area contributed by atoms with Crippen molar-refractivity contribution in [3.05, 3.63) is 51.9 Å². The zero-order valence-corrected chi connectivity index (χ0v) is 13.1. The second-order valence-corrected chi connectivity index (χ2v) is 6.58. The number of aromatic nitrogens is 2. The first-order valence-corrected chi connectivity index (χ1v) is 8.15. The van der Waals surface area contributed by atoms with Gasteiger partial charge in [-0.2, -0.15) is 5.10 Å². The zero-order chi connectivity index (χ0) is 14.4. The van der Waals surface area contributed by atoms with E-state index in [1.165, 1.54) is 16.0 Å². The van der Waals surface area contributed by atoms with E-state index in [4.69, 9.17) is 16.7 Å². The number of benzene rings is 1. The molecule has 3 aromatic rings. The molecule has 1 aromatic carbocycles. The normalized spacial score (nSPS) is 13.2. The van der Waals surface area contributed by atoms with Crippen LogP contribution in [0.2, 0.25) is 5.02 Å². The molecule has 0 saturated carbocycles. The van der Waals surface area contributed by atoms with Gasteiger partial charge in [0, 0.05) is 17.1 Å². The quantitative estimate of drug-likeness (QED) is 0.753. The maximum atomic E-state index is 5.98. The second kappa shape index (κ2) is 4.90. The van der Waals surface area contributed by atoms with E-state index in [0.717, 1.165) is 35.2 Å². The molecule has 0 atom stereocenters. The molecule has 3 nitrogen and oxygen atoms in total. The maximum absolute atomic E-state index is 5.98. The molecule has 0 saturated heterocycles. The minimum Gasteiger partial charge on any atom is -0.369 e. The van der Waals surface area contributed by atoms with Crippen molar-refractivity contribution in [3.8, 4) is 16.3 Å². The van der Waals surface area contributed by atoms with Crippen LogP contribution in [0.5, 0.6) is 0 Å². The van der Waals surface area contributed by atoms with E-state index in [9.17, 15) is 0 Å². The molecule has 3 heterocycles. The summed E-state index contributed by atoms with van der Waals surface area (Å²) in [5.74, 6) is 1.11. The number of rotatable bonds is 2. The van der Waals surface area contributed by atoms with Crippen LogP contribution in [0.25, 0.3) is 16.3 Å². The molecule has 2 aromatic heterocycles. The molecular formula is C16H14ClN3S. The van der Waals surface area contributed by atoms with Gasteiger partial charge in [-0.05, 0) is 54.6 Å². The largest absolute Gasteiger partial charge is 0.369 e. The van der Waals surface area contributed by atoms with Gasteiger partial charge in [0.15, 0.2) is 0 Å². The predicted octanol–water partition coefficient (Wildman–Crippen LogP) is 4.53. The highest BCUT2D eigenvalue weighted by Gasteiger charge is 2.24. The van der Waals surface area contributed by atoms with E-state index in [1.807, 2.05) is 28.9 Å². The Kier molecular flexibility index (Phi) is 3.01. The van der Waals surface area contributed by atoms with E-state index in [-0.39, 0.29) is 0 Å². The monoisotopic (exact) mass is 315 g/mol. The molecule has 0 fully saturated rings. The Balaban J connectivity index is 1.88. The third-order valence-electron chi connectivity index (χ3n) is 3.69. The van der Waals surface area contributed by atoms with Crippen molar-refractivity contribution in [1.29, 1.82) is 0 Å². The molecule has 0 aliphatic carbocycles. The van der Waals surface area contributed by atoms with E-state index < -0.39 is 0 Å². The third-order valence-corrected chi connectivity index (χ3v) is 4.99. The summed E-state index contributed by atoms with van der Waals surface area (Å²) in [6.45, 7) is 3.09. The van der Waals surface area contributed by atoms with Gasteiger partial charge in [0.05, 0.1) is 10.6 Å². The summed E-state index contributed by atoms with van der Waals surface area (Å²) in [6.07, 6.45) is 1.02. The number of hydrogen-bond acceptors (Lipinski definition) is 3. The van der Waals surface area contributed by atoms with Gasteiger partial charge in [-0.1, -0.05) is 11.6 Å². The summed E-state index contributed by atoms with van der Waals surface area (Å²) in [5.41, 5.74) is 4.73. The van der Waals surface area contributed by atoms with Crippen LogP contribution in [-0.2, 0) is 6.42 Å². The number of thiophene rings is 1. The third kappa shape index (κ3) is 2.15. The van der Waals surface area contributed by atoms with Crippen molar-refractivity contribution >= 4 is 28.8 Å². The van der Waals surface area contributed by atoms with Crippen molar-refractivity contribution in [2.45, 2.75) is 13.3 Å². The number of anilines is 1. The summed E-state index contributed by atoms with van der Waals surface area (Å²) >= 11 is 7.73. The first-order chi connectivity index (χ1) is 10.2. The highest BCUT2D eigenvalue weighted by atomic mass is 35.5. The van der Waals surface area contributed by atoms with Crippen molar-refractivity contribution < 1.29 is 0 Å². The van der Waals surface area contributed by atoms with Crippen molar-refractivity contribution in [1.82, 2.24) is 9.78 Å². The van der Waals surface area contributed by atoms with Gasteiger partial charge in [-0.25, -0.2) is 4.68 Å². The van der Waals surface area contributed by atoms with Crippen molar-refractivity contribution in [2.24, 2.45) is 0 Å². The Morgan fingerprint density at radius 3 is 2.81 bits per heavy atom. The van der Waals surface area contributed by atoms with Gasteiger partial charge < -0.3 is 5.32 Å². The van der Waals surface area contributed by atoms with Gasteiger partial charge in [-0.3, -0.25) is 0 Å². The predicted molar refractivity (Wildman–Crippen MR) is 88.8 cm³/mol. The fraction of sp³-hybridized carbons (Fsp3) is 0.188. The number of nitrogens with zero attached hydrogens (tertiary/aromatic N) is 2. The molecule has 4 rings (SSSR count). The lowest BCUT2D eigenvalue weighted by atomic mass is 10.1. The number of fused-ring (bicyclic) bond motifs is 1. The number of nitrogens with one attached hydrogen (secondary N) is 1. The molecule has 0 bridgehead atoms. The van der Waals surface area contributed by atoms with E-state index in [2.05, 4.69) is 23.7 Å². The van der Waals surface area contributed by atoms with E-state index in [1.54, 1.807) is 11.3 Å². The van der Waals surface area contributed by atoms with Crippen LogP contribution < -0.4 is 5.32 Å². The Morgan fingerprint density at radius 1 is 1.29 bits per heavy atom. The number of hydrogen-bond donors (Lipinski definition) is 1. The van der Waals surface area contributed by atoms with Crippen LogP contribution in [0.3, 0.4) is 0 Å². The standard InChI is InChI=1S/C16H14ClN3S/c1-10-8-14(21-9-10)15-13-6-7-18-16(13)20(19-15)12-4-2-11(17)3-5-12/h2-5,8-9,18H,6-7H2,1H3. The molecule has 0 unspecified atom stereocenters. The lowest BCUT2D eigenvalue weighted by molar-refractivity contribution is 0.883. The minimum atomic E-state index is 0.740. The number of halogens is 1. The molecule has 21 heavy (non-hydrogen) atoms. The minimum absolute atomic E-state index is 0.740. The zero-order valence-electron chi connectivity index (χ0n) is 11.6. The Bertz CT molecular complexity index is 802. The molecule has 0 amide bonds. The Morgan fingerprint density at radius 2 is 2.10 bits per heavy atom. The van der Waals surface area contributed by atoms with E-state index in [0.29, 0.717) is 0 Å². The fourth-order valence-corrected chi connectivity index (χ4v) is 3.73. The second-order valence-electron chi connectivity index (χ2n) is 5.23. The molecule has 1 aliphatic heterocycles. The summed E-state index contributed by atoms with van der Waals surface area (Å²) in [4.78, 5) is 1.24. The molecule has 1 N–H and O–H groups in total. The van der Waals surface area contributed by atoms with Gasteiger partial charge in [0.1, 0.15) is 11.5 Å². The van der Waals surface area contributed by atoms with Crippen LogP contribution in [0, 0.1) is 6.92 Å². The smallest absolute Gasteiger partial charge is 0.133 e. The lowest BCUT2D eigenvalue weighted by Gasteiger charge is -2.06. The highest BCUT2D eigenvalue weighted by molar-refractivity contribution is 7.13.